The zero-order valence-electron chi connectivity index (χ0n) is 15.0. The largest absolute Gasteiger partial charge is 0.390 e. The highest BCUT2D eigenvalue weighted by atomic mass is 32.1. The number of nitriles is 1. The van der Waals surface area contributed by atoms with Crippen molar-refractivity contribution >= 4 is 28.0 Å². The number of ketones is 1. The van der Waals surface area contributed by atoms with Crippen molar-refractivity contribution in [1.82, 2.24) is 5.32 Å². The molecule has 1 unspecified atom stereocenters. The van der Waals surface area contributed by atoms with E-state index in [1.54, 1.807) is 0 Å². The molecule has 1 saturated carbocycles. The lowest BCUT2D eigenvalue weighted by molar-refractivity contribution is 0.0856. The summed E-state index contributed by atoms with van der Waals surface area (Å²) >= 11 is 1.22. The van der Waals surface area contributed by atoms with Crippen LogP contribution in [0.1, 0.15) is 63.3 Å². The molecular weight excluding hydrogens is 358 g/mol. The SMILES string of the molecule is N#CCCC1(c2ccccc2)CCc2c(sc(N)c2C(=O)NC2CC2)C1=O. The van der Waals surface area contributed by atoms with Crippen molar-refractivity contribution in [2.45, 2.75) is 50.0 Å². The molecular formula is C21H21N3O2S. The molecule has 1 heterocycles. The van der Waals surface area contributed by atoms with E-state index in [4.69, 9.17) is 11.0 Å². The Morgan fingerprint density at radius 3 is 2.74 bits per heavy atom. The molecule has 1 aromatic carbocycles. The van der Waals surface area contributed by atoms with Crippen molar-refractivity contribution in [1.29, 1.82) is 5.26 Å². The average molecular weight is 379 g/mol. The quantitative estimate of drug-likeness (QED) is 0.830. The number of nitrogen functional groups attached to an aromatic ring is 1. The third-order valence-corrected chi connectivity index (χ3v) is 6.67. The maximum absolute atomic E-state index is 13.6. The van der Waals surface area contributed by atoms with Crippen LogP contribution in [0.2, 0.25) is 0 Å². The minimum absolute atomic E-state index is 0.00706. The molecule has 27 heavy (non-hydrogen) atoms. The molecule has 1 amide bonds. The highest BCUT2D eigenvalue weighted by molar-refractivity contribution is 7.18. The van der Waals surface area contributed by atoms with Crippen molar-refractivity contribution < 1.29 is 9.59 Å². The number of hydrogen-bond donors (Lipinski definition) is 2. The monoisotopic (exact) mass is 379 g/mol. The number of rotatable bonds is 5. The van der Waals surface area contributed by atoms with Crippen molar-refractivity contribution in [3.05, 3.63) is 51.9 Å². The minimum Gasteiger partial charge on any atom is -0.390 e. The van der Waals surface area contributed by atoms with Crippen molar-refractivity contribution in [2.75, 3.05) is 5.73 Å². The van der Waals surface area contributed by atoms with E-state index in [1.807, 2.05) is 30.3 Å². The predicted molar refractivity (Wildman–Crippen MR) is 105 cm³/mol. The molecule has 3 N–H and O–H groups in total. The Bertz CT molecular complexity index is 940. The predicted octanol–water partition coefficient (Wildman–Crippen LogP) is 3.59. The van der Waals surface area contributed by atoms with Crippen LogP contribution in [0, 0.1) is 11.3 Å². The topological polar surface area (TPSA) is 96.0 Å². The van der Waals surface area contributed by atoms with E-state index in [2.05, 4.69) is 11.4 Å². The van der Waals surface area contributed by atoms with Crippen molar-refractivity contribution in [2.24, 2.45) is 0 Å². The highest BCUT2D eigenvalue weighted by Crippen LogP contribution is 2.46. The molecule has 2 aliphatic rings. The van der Waals surface area contributed by atoms with Gasteiger partial charge in [-0.05, 0) is 43.2 Å². The number of carbonyl (C=O) groups is 2. The van der Waals surface area contributed by atoms with E-state index < -0.39 is 5.41 Å². The van der Waals surface area contributed by atoms with Gasteiger partial charge in [-0.25, -0.2) is 0 Å². The fourth-order valence-electron chi connectivity index (χ4n) is 3.99. The first-order valence-corrected chi connectivity index (χ1v) is 10.1. The van der Waals surface area contributed by atoms with Gasteiger partial charge in [0.05, 0.1) is 26.9 Å². The third-order valence-electron chi connectivity index (χ3n) is 5.61. The van der Waals surface area contributed by atoms with Crippen LogP contribution in [0.5, 0.6) is 0 Å². The van der Waals surface area contributed by atoms with Gasteiger partial charge in [0, 0.05) is 12.5 Å². The summed E-state index contributed by atoms with van der Waals surface area (Å²) in [5.41, 5.74) is 7.65. The molecule has 6 heteroatoms. The zero-order chi connectivity index (χ0) is 19.0. The molecule has 2 aromatic rings. The van der Waals surface area contributed by atoms with Crippen molar-refractivity contribution in [3.8, 4) is 6.07 Å². The summed E-state index contributed by atoms with van der Waals surface area (Å²) in [7, 11) is 0. The standard InChI is InChI=1S/C21H21N3O2S/c22-12-4-10-21(13-5-2-1-3-6-13)11-9-15-16(20(26)24-14-7-8-14)19(23)27-17(15)18(21)25/h1-3,5-6,14H,4,7-11,23H2,(H,24,26). The van der Waals surface area contributed by atoms with Gasteiger partial charge < -0.3 is 11.1 Å². The van der Waals surface area contributed by atoms with E-state index in [0.717, 1.165) is 24.0 Å². The molecule has 138 valence electrons. The summed E-state index contributed by atoms with van der Waals surface area (Å²) in [5.74, 6) is -0.170. The fourth-order valence-corrected chi connectivity index (χ4v) is 5.15. The summed E-state index contributed by atoms with van der Waals surface area (Å²) in [6.45, 7) is 0. The van der Waals surface area contributed by atoms with Crippen molar-refractivity contribution in [3.63, 3.8) is 0 Å². The number of nitrogens with one attached hydrogen (secondary N) is 1. The Morgan fingerprint density at radius 1 is 1.33 bits per heavy atom. The highest BCUT2D eigenvalue weighted by Gasteiger charge is 2.46. The van der Waals surface area contributed by atoms with Crippen LogP contribution >= 0.6 is 11.3 Å². The summed E-state index contributed by atoms with van der Waals surface area (Å²) in [4.78, 5) is 26.8. The minimum atomic E-state index is -0.717. The number of carbonyl (C=O) groups excluding carboxylic acids is 2. The first-order valence-electron chi connectivity index (χ1n) is 9.26. The lowest BCUT2D eigenvalue weighted by Crippen LogP contribution is -2.40. The molecule has 1 atom stereocenters. The van der Waals surface area contributed by atoms with Crippen LogP contribution < -0.4 is 11.1 Å². The molecule has 1 aromatic heterocycles. The Kier molecular flexibility index (Phi) is 4.48. The van der Waals surface area contributed by atoms with Crippen LogP contribution in [0.4, 0.5) is 5.00 Å². The molecule has 0 spiro atoms. The van der Waals surface area contributed by atoms with E-state index in [-0.39, 0.29) is 17.7 Å². The van der Waals surface area contributed by atoms with Crippen LogP contribution in [0.3, 0.4) is 0 Å². The molecule has 2 aliphatic carbocycles. The van der Waals surface area contributed by atoms with Gasteiger partial charge in [-0.2, -0.15) is 5.26 Å². The number of anilines is 1. The van der Waals surface area contributed by atoms with Gasteiger partial charge in [0.15, 0.2) is 5.78 Å². The molecule has 4 rings (SSSR count). The Morgan fingerprint density at radius 2 is 2.07 bits per heavy atom. The van der Waals surface area contributed by atoms with E-state index in [9.17, 15) is 9.59 Å². The maximum atomic E-state index is 13.6. The Balaban J connectivity index is 1.75. The number of Topliss-reactive ketones (excluding diaryl/α,β-unsaturated/α-hetero) is 1. The Hall–Kier alpha value is -2.65. The summed E-state index contributed by atoms with van der Waals surface area (Å²) in [6, 6.07) is 12.1. The number of nitrogens with two attached hydrogens (primary N) is 1. The zero-order valence-corrected chi connectivity index (χ0v) is 15.8. The molecule has 0 aliphatic heterocycles. The Labute approximate surface area is 162 Å². The lowest BCUT2D eigenvalue weighted by Gasteiger charge is -2.35. The number of thiophene rings is 1. The molecule has 1 fully saturated rings. The van der Waals surface area contributed by atoms with Gasteiger partial charge in [0.1, 0.15) is 0 Å². The second-order valence-electron chi connectivity index (χ2n) is 7.33. The number of nitrogens with zero attached hydrogens (tertiary/aromatic N) is 1. The number of fused-ring (bicyclic) bond motifs is 1. The lowest BCUT2D eigenvalue weighted by atomic mass is 9.66. The first kappa shape index (κ1) is 17.7. The van der Waals surface area contributed by atoms with Gasteiger partial charge in [-0.1, -0.05) is 30.3 Å². The summed E-state index contributed by atoms with van der Waals surface area (Å²) < 4.78 is 0. The summed E-state index contributed by atoms with van der Waals surface area (Å²) in [6.07, 6.45) is 4.00. The number of benzene rings is 1. The molecule has 0 radical (unpaired) electrons. The van der Waals surface area contributed by atoms with Gasteiger partial charge in [0.25, 0.3) is 5.91 Å². The average Bonchev–Trinajstić information content (AvgIpc) is 3.42. The van der Waals surface area contributed by atoms with Crippen LogP contribution in [0.15, 0.2) is 30.3 Å². The van der Waals surface area contributed by atoms with Crippen LogP contribution in [-0.4, -0.2) is 17.7 Å². The fraction of sp³-hybridized carbons (Fsp3) is 0.381. The van der Waals surface area contributed by atoms with Gasteiger partial charge in [-0.3, -0.25) is 9.59 Å². The normalized spacial score (nSPS) is 21.4. The third kappa shape index (κ3) is 3.02. The van der Waals surface area contributed by atoms with E-state index in [0.29, 0.717) is 41.1 Å². The second kappa shape index (κ2) is 6.82. The van der Waals surface area contributed by atoms with Crippen LogP contribution in [-0.2, 0) is 11.8 Å². The molecule has 0 saturated heterocycles. The smallest absolute Gasteiger partial charge is 0.254 e. The first-order chi connectivity index (χ1) is 13.1. The van der Waals surface area contributed by atoms with E-state index >= 15 is 0 Å². The van der Waals surface area contributed by atoms with E-state index in [1.165, 1.54) is 11.3 Å². The van der Waals surface area contributed by atoms with Gasteiger partial charge in [-0.15, -0.1) is 11.3 Å². The number of hydrogen-bond acceptors (Lipinski definition) is 5. The van der Waals surface area contributed by atoms with Gasteiger partial charge >= 0.3 is 0 Å². The second-order valence-corrected chi connectivity index (χ2v) is 8.38. The summed E-state index contributed by atoms with van der Waals surface area (Å²) in [5, 5.41) is 12.5. The maximum Gasteiger partial charge on any atom is 0.254 e. The molecule has 5 nitrogen and oxygen atoms in total. The molecule has 0 bridgehead atoms. The number of amides is 1. The van der Waals surface area contributed by atoms with Gasteiger partial charge in [0.2, 0.25) is 0 Å². The van der Waals surface area contributed by atoms with Crippen LogP contribution in [0.25, 0.3) is 0 Å².